The number of carbonyl (C=O) groups is 1. The molecule has 0 unspecified atom stereocenters. The zero-order chi connectivity index (χ0) is 15.5. The van der Waals surface area contributed by atoms with Crippen molar-refractivity contribution < 1.29 is 9.53 Å². The SMILES string of the molecule is CC[C@H](Oc1ccccc1Cl)C(=O)N1CCCC(C)(C)C1. The topological polar surface area (TPSA) is 29.5 Å². The Morgan fingerprint density at radius 2 is 2.14 bits per heavy atom. The fourth-order valence-corrected chi connectivity index (χ4v) is 3.00. The summed E-state index contributed by atoms with van der Waals surface area (Å²) in [6, 6.07) is 7.30. The first-order chi connectivity index (χ1) is 9.93. The van der Waals surface area contributed by atoms with E-state index in [-0.39, 0.29) is 11.3 Å². The van der Waals surface area contributed by atoms with Crippen molar-refractivity contribution in [1.82, 2.24) is 4.90 Å². The monoisotopic (exact) mass is 309 g/mol. The second kappa shape index (κ2) is 6.69. The van der Waals surface area contributed by atoms with Crippen molar-refractivity contribution in [2.45, 2.75) is 46.1 Å². The number of para-hydroxylation sites is 1. The molecule has 1 aromatic carbocycles. The van der Waals surface area contributed by atoms with Gasteiger partial charge in [-0.25, -0.2) is 0 Å². The Kier molecular flexibility index (Phi) is 5.15. The number of ether oxygens (including phenoxy) is 1. The molecule has 1 amide bonds. The van der Waals surface area contributed by atoms with Gasteiger partial charge in [-0.15, -0.1) is 0 Å². The third kappa shape index (κ3) is 4.13. The van der Waals surface area contributed by atoms with E-state index in [4.69, 9.17) is 16.3 Å². The summed E-state index contributed by atoms with van der Waals surface area (Å²) in [7, 11) is 0. The van der Waals surface area contributed by atoms with Crippen molar-refractivity contribution in [2.75, 3.05) is 13.1 Å². The maximum absolute atomic E-state index is 12.7. The van der Waals surface area contributed by atoms with Gasteiger partial charge in [0.25, 0.3) is 5.91 Å². The largest absolute Gasteiger partial charge is 0.479 e. The molecule has 0 aromatic heterocycles. The van der Waals surface area contributed by atoms with Crippen molar-refractivity contribution in [1.29, 1.82) is 0 Å². The molecular weight excluding hydrogens is 286 g/mol. The molecule has 1 heterocycles. The van der Waals surface area contributed by atoms with Crippen LogP contribution in [-0.2, 0) is 4.79 Å². The Morgan fingerprint density at radius 1 is 1.43 bits per heavy atom. The van der Waals surface area contributed by atoms with E-state index in [0.717, 1.165) is 19.5 Å². The molecule has 1 atom stereocenters. The minimum atomic E-state index is -0.459. The molecule has 1 aromatic rings. The van der Waals surface area contributed by atoms with E-state index in [1.165, 1.54) is 6.42 Å². The zero-order valence-corrected chi connectivity index (χ0v) is 13.8. The Morgan fingerprint density at radius 3 is 2.76 bits per heavy atom. The highest BCUT2D eigenvalue weighted by Crippen LogP contribution is 2.30. The van der Waals surface area contributed by atoms with Crippen LogP contribution in [-0.4, -0.2) is 30.0 Å². The van der Waals surface area contributed by atoms with Gasteiger partial charge < -0.3 is 9.64 Å². The second-order valence-corrected chi connectivity index (χ2v) is 6.88. The molecule has 3 nitrogen and oxygen atoms in total. The maximum atomic E-state index is 12.7. The van der Waals surface area contributed by atoms with E-state index in [9.17, 15) is 4.79 Å². The van der Waals surface area contributed by atoms with Gasteiger partial charge in [-0.2, -0.15) is 0 Å². The summed E-state index contributed by atoms with van der Waals surface area (Å²) in [5, 5.41) is 0.544. The summed E-state index contributed by atoms with van der Waals surface area (Å²) in [4.78, 5) is 14.6. The number of piperidine rings is 1. The summed E-state index contributed by atoms with van der Waals surface area (Å²) < 4.78 is 5.85. The van der Waals surface area contributed by atoms with Gasteiger partial charge in [0, 0.05) is 13.1 Å². The normalized spacial score (nSPS) is 19.1. The number of halogens is 1. The van der Waals surface area contributed by atoms with Crippen LogP contribution in [0.3, 0.4) is 0 Å². The van der Waals surface area contributed by atoms with Gasteiger partial charge >= 0.3 is 0 Å². The van der Waals surface area contributed by atoms with Crippen LogP contribution in [0.15, 0.2) is 24.3 Å². The first kappa shape index (κ1) is 16.2. The van der Waals surface area contributed by atoms with Gasteiger partial charge in [-0.05, 0) is 36.8 Å². The zero-order valence-electron chi connectivity index (χ0n) is 13.1. The van der Waals surface area contributed by atoms with E-state index in [1.54, 1.807) is 12.1 Å². The average molecular weight is 310 g/mol. The first-order valence-corrected chi connectivity index (χ1v) is 8.01. The summed E-state index contributed by atoms with van der Waals surface area (Å²) in [5.74, 6) is 0.654. The Balaban J connectivity index is 2.07. The molecular formula is C17H24ClNO2. The van der Waals surface area contributed by atoms with Crippen LogP contribution in [0.5, 0.6) is 5.75 Å². The molecule has 0 aliphatic carbocycles. The number of hydrogen-bond donors (Lipinski definition) is 0. The van der Waals surface area contributed by atoms with Gasteiger partial charge in [0.1, 0.15) is 5.75 Å². The lowest BCUT2D eigenvalue weighted by atomic mass is 9.84. The highest BCUT2D eigenvalue weighted by Gasteiger charge is 2.32. The number of carbonyl (C=O) groups excluding carboxylic acids is 1. The molecule has 1 saturated heterocycles. The van der Waals surface area contributed by atoms with Crippen molar-refractivity contribution in [3.05, 3.63) is 29.3 Å². The van der Waals surface area contributed by atoms with Gasteiger partial charge in [0.05, 0.1) is 5.02 Å². The number of likely N-dealkylation sites (tertiary alicyclic amines) is 1. The van der Waals surface area contributed by atoms with Crippen LogP contribution in [0.1, 0.15) is 40.0 Å². The van der Waals surface area contributed by atoms with E-state index < -0.39 is 6.10 Å². The van der Waals surface area contributed by atoms with Gasteiger partial charge in [-0.1, -0.05) is 44.5 Å². The van der Waals surface area contributed by atoms with Gasteiger partial charge in [0.2, 0.25) is 0 Å². The maximum Gasteiger partial charge on any atom is 0.263 e. The lowest BCUT2D eigenvalue weighted by Gasteiger charge is -2.39. The quantitative estimate of drug-likeness (QED) is 0.836. The second-order valence-electron chi connectivity index (χ2n) is 6.47. The fraction of sp³-hybridized carbons (Fsp3) is 0.588. The summed E-state index contributed by atoms with van der Waals surface area (Å²) >= 11 is 6.11. The van der Waals surface area contributed by atoms with Crippen LogP contribution < -0.4 is 4.74 Å². The first-order valence-electron chi connectivity index (χ1n) is 7.63. The Bertz CT molecular complexity index is 501. The number of nitrogens with zero attached hydrogens (tertiary/aromatic N) is 1. The summed E-state index contributed by atoms with van der Waals surface area (Å²) in [6.07, 6.45) is 2.40. The molecule has 1 aliphatic rings. The summed E-state index contributed by atoms with van der Waals surface area (Å²) in [5.41, 5.74) is 0.191. The molecule has 0 spiro atoms. The molecule has 0 bridgehead atoms. The van der Waals surface area contributed by atoms with Crippen molar-refractivity contribution in [3.63, 3.8) is 0 Å². The van der Waals surface area contributed by atoms with Crippen LogP contribution >= 0.6 is 11.6 Å². The van der Waals surface area contributed by atoms with E-state index in [2.05, 4.69) is 13.8 Å². The highest BCUT2D eigenvalue weighted by atomic mass is 35.5. The molecule has 116 valence electrons. The molecule has 4 heteroatoms. The number of rotatable bonds is 4. The molecule has 2 rings (SSSR count). The van der Waals surface area contributed by atoms with Crippen molar-refractivity contribution in [2.24, 2.45) is 5.41 Å². The van der Waals surface area contributed by atoms with Crippen LogP contribution in [0.25, 0.3) is 0 Å². The average Bonchev–Trinajstić information content (AvgIpc) is 2.44. The van der Waals surface area contributed by atoms with Crippen LogP contribution in [0.4, 0.5) is 0 Å². The van der Waals surface area contributed by atoms with E-state index >= 15 is 0 Å². The summed E-state index contributed by atoms with van der Waals surface area (Å²) in [6.45, 7) is 8.01. The molecule has 1 fully saturated rings. The molecule has 1 aliphatic heterocycles. The molecule has 0 radical (unpaired) electrons. The molecule has 0 saturated carbocycles. The third-order valence-corrected chi connectivity index (χ3v) is 4.28. The third-order valence-electron chi connectivity index (χ3n) is 3.96. The van der Waals surface area contributed by atoms with Gasteiger partial charge in [-0.3, -0.25) is 4.79 Å². The van der Waals surface area contributed by atoms with E-state index in [0.29, 0.717) is 17.2 Å². The lowest BCUT2D eigenvalue weighted by molar-refractivity contribution is -0.142. The lowest BCUT2D eigenvalue weighted by Crippen LogP contribution is -2.48. The molecule has 0 N–H and O–H groups in total. The number of hydrogen-bond acceptors (Lipinski definition) is 2. The number of benzene rings is 1. The number of amides is 1. The van der Waals surface area contributed by atoms with Crippen molar-refractivity contribution in [3.8, 4) is 5.75 Å². The Hall–Kier alpha value is -1.22. The highest BCUT2D eigenvalue weighted by molar-refractivity contribution is 6.32. The Labute approximate surface area is 132 Å². The smallest absolute Gasteiger partial charge is 0.263 e. The van der Waals surface area contributed by atoms with Crippen LogP contribution in [0, 0.1) is 5.41 Å². The van der Waals surface area contributed by atoms with Gasteiger partial charge in [0.15, 0.2) is 6.10 Å². The predicted molar refractivity (Wildman–Crippen MR) is 85.8 cm³/mol. The van der Waals surface area contributed by atoms with Crippen LogP contribution in [0.2, 0.25) is 5.02 Å². The minimum absolute atomic E-state index is 0.0743. The minimum Gasteiger partial charge on any atom is -0.479 e. The molecule has 21 heavy (non-hydrogen) atoms. The van der Waals surface area contributed by atoms with E-state index in [1.807, 2.05) is 24.0 Å². The van der Waals surface area contributed by atoms with Crippen molar-refractivity contribution >= 4 is 17.5 Å². The standard InChI is InChI=1S/C17H24ClNO2/c1-4-14(21-15-9-6-5-8-13(15)18)16(20)19-11-7-10-17(2,3)12-19/h5-6,8-9,14H,4,7,10-12H2,1-3H3/t14-/m0/s1. The fourth-order valence-electron chi connectivity index (χ4n) is 2.82. The predicted octanol–water partition coefficient (Wildman–Crippen LogP) is 4.15.